The van der Waals surface area contributed by atoms with Crippen LogP contribution in [-0.4, -0.2) is 6.54 Å². The Kier molecular flexibility index (Phi) is 5.35. The van der Waals surface area contributed by atoms with E-state index >= 15 is 0 Å². The van der Waals surface area contributed by atoms with E-state index in [1.165, 1.54) is 12.1 Å². The van der Waals surface area contributed by atoms with Crippen LogP contribution in [0.15, 0.2) is 36.4 Å². The minimum Gasteiger partial charge on any atom is -0.312 e. The highest BCUT2D eigenvalue weighted by Crippen LogP contribution is 2.22. The van der Waals surface area contributed by atoms with Crippen LogP contribution in [0.2, 0.25) is 10.0 Å². The summed E-state index contributed by atoms with van der Waals surface area (Å²) in [4.78, 5) is 0. The summed E-state index contributed by atoms with van der Waals surface area (Å²) < 4.78 is 26.0. The fourth-order valence-corrected chi connectivity index (χ4v) is 2.19. The predicted molar refractivity (Wildman–Crippen MR) is 78.2 cm³/mol. The molecular formula is C15H13Cl2F2N. The summed E-state index contributed by atoms with van der Waals surface area (Å²) in [6.07, 6.45) is 0.552. The van der Waals surface area contributed by atoms with Crippen LogP contribution in [0.4, 0.5) is 8.78 Å². The van der Waals surface area contributed by atoms with Crippen molar-refractivity contribution in [3.63, 3.8) is 0 Å². The maximum atomic E-state index is 13.0. The van der Waals surface area contributed by atoms with Gasteiger partial charge in [-0.2, -0.15) is 0 Å². The summed E-state index contributed by atoms with van der Waals surface area (Å²) >= 11 is 11.7. The van der Waals surface area contributed by atoms with Gasteiger partial charge in [0, 0.05) is 12.6 Å². The van der Waals surface area contributed by atoms with Gasteiger partial charge in [0.15, 0.2) is 0 Å². The smallest absolute Gasteiger partial charge is 0.126 e. The molecule has 5 heteroatoms. The molecule has 2 rings (SSSR count). The number of hydrogen-bond acceptors (Lipinski definition) is 1. The van der Waals surface area contributed by atoms with Gasteiger partial charge in [-0.05, 0) is 48.4 Å². The normalized spacial score (nSPS) is 10.8. The molecule has 0 heterocycles. The third-order valence-corrected chi connectivity index (χ3v) is 3.56. The number of halogens is 4. The van der Waals surface area contributed by atoms with E-state index in [1.807, 2.05) is 6.07 Å². The molecule has 0 saturated carbocycles. The zero-order valence-electron chi connectivity index (χ0n) is 10.6. The molecule has 2 aromatic rings. The zero-order chi connectivity index (χ0) is 14.5. The van der Waals surface area contributed by atoms with Crippen molar-refractivity contribution >= 4 is 23.2 Å². The standard InChI is InChI=1S/C15H13Cl2F2N/c16-14-2-1-11(7-15(14)17)9-20-4-3-10-5-12(18)8-13(19)6-10/h1-2,5-8,20H,3-4,9H2. The van der Waals surface area contributed by atoms with Crippen LogP contribution in [-0.2, 0) is 13.0 Å². The highest BCUT2D eigenvalue weighted by molar-refractivity contribution is 6.42. The zero-order valence-corrected chi connectivity index (χ0v) is 12.1. The van der Waals surface area contributed by atoms with Gasteiger partial charge in [-0.15, -0.1) is 0 Å². The lowest BCUT2D eigenvalue weighted by atomic mass is 10.1. The van der Waals surface area contributed by atoms with Crippen LogP contribution in [0.5, 0.6) is 0 Å². The van der Waals surface area contributed by atoms with E-state index in [0.717, 1.165) is 11.6 Å². The van der Waals surface area contributed by atoms with Crippen molar-refractivity contribution in [3.8, 4) is 0 Å². The Labute approximate surface area is 126 Å². The van der Waals surface area contributed by atoms with E-state index in [2.05, 4.69) is 5.32 Å². The summed E-state index contributed by atoms with van der Waals surface area (Å²) in [5, 5.41) is 4.22. The maximum Gasteiger partial charge on any atom is 0.126 e. The summed E-state index contributed by atoms with van der Waals surface area (Å²) in [6.45, 7) is 1.23. The van der Waals surface area contributed by atoms with E-state index in [9.17, 15) is 8.78 Å². The molecule has 0 aliphatic carbocycles. The SMILES string of the molecule is Fc1cc(F)cc(CCNCc2ccc(Cl)c(Cl)c2)c1. The average molecular weight is 316 g/mol. The molecule has 0 bridgehead atoms. The Hall–Kier alpha value is -1.16. The first-order valence-corrected chi connectivity index (χ1v) is 6.90. The van der Waals surface area contributed by atoms with E-state index in [0.29, 0.717) is 35.1 Å². The fraction of sp³-hybridized carbons (Fsp3) is 0.200. The van der Waals surface area contributed by atoms with Crippen LogP contribution in [0, 0.1) is 11.6 Å². The molecule has 2 aromatic carbocycles. The average Bonchev–Trinajstić information content (AvgIpc) is 2.38. The first kappa shape index (κ1) is 15.2. The van der Waals surface area contributed by atoms with Gasteiger partial charge in [0.1, 0.15) is 11.6 Å². The second kappa shape index (κ2) is 7.02. The Morgan fingerprint density at radius 2 is 1.55 bits per heavy atom. The Morgan fingerprint density at radius 3 is 2.20 bits per heavy atom. The first-order valence-electron chi connectivity index (χ1n) is 6.14. The van der Waals surface area contributed by atoms with Crippen molar-refractivity contribution < 1.29 is 8.78 Å². The van der Waals surface area contributed by atoms with Gasteiger partial charge in [0.05, 0.1) is 10.0 Å². The Bertz CT molecular complexity index is 582. The Balaban J connectivity index is 1.82. The molecule has 1 nitrogen and oxygen atoms in total. The highest BCUT2D eigenvalue weighted by Gasteiger charge is 2.02. The Morgan fingerprint density at radius 1 is 0.850 bits per heavy atom. The van der Waals surface area contributed by atoms with E-state index < -0.39 is 11.6 Å². The lowest BCUT2D eigenvalue weighted by molar-refractivity contribution is 0.577. The van der Waals surface area contributed by atoms with Gasteiger partial charge < -0.3 is 5.32 Å². The molecule has 0 radical (unpaired) electrons. The van der Waals surface area contributed by atoms with Crippen molar-refractivity contribution in [2.75, 3.05) is 6.54 Å². The molecule has 0 aliphatic rings. The van der Waals surface area contributed by atoms with Gasteiger partial charge in [-0.3, -0.25) is 0 Å². The molecule has 0 fully saturated rings. The molecule has 0 unspecified atom stereocenters. The fourth-order valence-electron chi connectivity index (χ4n) is 1.87. The van der Waals surface area contributed by atoms with Crippen molar-refractivity contribution in [2.24, 2.45) is 0 Å². The third kappa shape index (κ3) is 4.44. The van der Waals surface area contributed by atoms with E-state index in [4.69, 9.17) is 23.2 Å². The lowest BCUT2D eigenvalue weighted by Crippen LogP contribution is -2.16. The van der Waals surface area contributed by atoms with E-state index in [-0.39, 0.29) is 0 Å². The third-order valence-electron chi connectivity index (χ3n) is 2.83. The van der Waals surface area contributed by atoms with Gasteiger partial charge in [-0.1, -0.05) is 29.3 Å². The molecule has 0 spiro atoms. The van der Waals surface area contributed by atoms with Crippen LogP contribution in [0.25, 0.3) is 0 Å². The molecule has 0 atom stereocenters. The van der Waals surface area contributed by atoms with Crippen molar-refractivity contribution in [2.45, 2.75) is 13.0 Å². The quantitative estimate of drug-likeness (QED) is 0.795. The summed E-state index contributed by atoms with van der Waals surface area (Å²) in [5.74, 6) is -1.10. The van der Waals surface area contributed by atoms with Crippen LogP contribution >= 0.6 is 23.2 Å². The largest absolute Gasteiger partial charge is 0.312 e. The molecule has 0 aromatic heterocycles. The van der Waals surface area contributed by atoms with Crippen LogP contribution in [0.3, 0.4) is 0 Å². The van der Waals surface area contributed by atoms with Crippen molar-refractivity contribution in [3.05, 3.63) is 69.2 Å². The first-order chi connectivity index (χ1) is 9.54. The number of benzene rings is 2. The highest BCUT2D eigenvalue weighted by atomic mass is 35.5. The summed E-state index contributed by atoms with van der Waals surface area (Å²) in [6, 6.07) is 8.95. The van der Waals surface area contributed by atoms with Crippen molar-refractivity contribution in [1.82, 2.24) is 5.32 Å². The summed E-state index contributed by atoms with van der Waals surface area (Å²) in [5.41, 5.74) is 1.63. The van der Waals surface area contributed by atoms with Crippen LogP contribution < -0.4 is 5.32 Å². The molecule has 1 N–H and O–H groups in total. The lowest BCUT2D eigenvalue weighted by Gasteiger charge is -2.06. The van der Waals surface area contributed by atoms with E-state index in [1.54, 1.807) is 12.1 Å². The molecule has 0 saturated heterocycles. The topological polar surface area (TPSA) is 12.0 Å². The monoisotopic (exact) mass is 315 g/mol. The number of rotatable bonds is 5. The second-order valence-corrected chi connectivity index (χ2v) is 5.27. The molecular weight excluding hydrogens is 303 g/mol. The second-order valence-electron chi connectivity index (χ2n) is 4.45. The molecule has 20 heavy (non-hydrogen) atoms. The van der Waals surface area contributed by atoms with Crippen molar-refractivity contribution in [1.29, 1.82) is 0 Å². The van der Waals surface area contributed by atoms with Gasteiger partial charge in [0.2, 0.25) is 0 Å². The molecule has 0 amide bonds. The maximum absolute atomic E-state index is 13.0. The minimum atomic E-state index is -0.551. The van der Waals surface area contributed by atoms with Crippen LogP contribution in [0.1, 0.15) is 11.1 Å². The molecule has 0 aliphatic heterocycles. The predicted octanol–water partition coefficient (Wildman–Crippen LogP) is 4.60. The van der Waals surface area contributed by atoms with Gasteiger partial charge >= 0.3 is 0 Å². The van der Waals surface area contributed by atoms with Gasteiger partial charge in [-0.25, -0.2) is 8.78 Å². The van der Waals surface area contributed by atoms with Gasteiger partial charge in [0.25, 0.3) is 0 Å². The number of nitrogens with one attached hydrogen (secondary N) is 1. The molecule has 106 valence electrons. The minimum absolute atomic E-state index is 0.512. The summed E-state index contributed by atoms with van der Waals surface area (Å²) in [7, 11) is 0. The number of hydrogen-bond donors (Lipinski definition) is 1.